The van der Waals surface area contributed by atoms with E-state index >= 15 is 0 Å². The van der Waals surface area contributed by atoms with E-state index in [2.05, 4.69) is 5.32 Å². The van der Waals surface area contributed by atoms with E-state index in [-0.39, 0.29) is 16.4 Å². The van der Waals surface area contributed by atoms with Crippen LogP contribution >= 0.6 is 0 Å². The Morgan fingerprint density at radius 3 is 2.17 bits per heavy atom. The van der Waals surface area contributed by atoms with Crippen molar-refractivity contribution in [1.82, 2.24) is 4.72 Å². The zero-order valence-corrected chi connectivity index (χ0v) is 13.6. The van der Waals surface area contributed by atoms with Crippen LogP contribution in [0.25, 0.3) is 0 Å². The van der Waals surface area contributed by atoms with Crippen molar-refractivity contribution < 1.29 is 27.5 Å². The molecule has 0 atom stereocenters. The molecule has 8 nitrogen and oxygen atoms in total. The average molecular weight is 350 g/mol. The first kappa shape index (κ1) is 17.4. The number of hydrogen-bond donors (Lipinski definition) is 2. The third-order valence-corrected chi connectivity index (χ3v) is 4.44. The summed E-state index contributed by atoms with van der Waals surface area (Å²) in [6.07, 6.45) is 2.17. The van der Waals surface area contributed by atoms with Crippen LogP contribution in [-0.4, -0.2) is 33.0 Å². The summed E-state index contributed by atoms with van der Waals surface area (Å²) in [6.45, 7) is 1.10. The third-order valence-electron chi connectivity index (χ3n) is 2.99. The molecule has 0 fully saturated rings. The van der Waals surface area contributed by atoms with Crippen molar-refractivity contribution in [3.8, 4) is 0 Å². The van der Waals surface area contributed by atoms with E-state index in [1.54, 1.807) is 0 Å². The number of carbonyl (C=O) groups excluding carboxylic acids is 3. The smallest absolute Gasteiger partial charge is 0.264 e. The van der Waals surface area contributed by atoms with Gasteiger partial charge in [-0.1, -0.05) is 0 Å². The molecule has 0 unspecified atom stereocenters. The lowest BCUT2D eigenvalue weighted by molar-refractivity contribution is -0.131. The number of carbonyl (C=O) groups is 3. The third kappa shape index (κ3) is 3.87. The van der Waals surface area contributed by atoms with Crippen molar-refractivity contribution >= 4 is 33.2 Å². The molecule has 2 N–H and O–H groups in total. The number of allylic oxidation sites excluding steroid dienone is 2. The Labute approximate surface area is 138 Å². The van der Waals surface area contributed by atoms with Gasteiger partial charge in [-0.15, -0.1) is 0 Å². The zero-order valence-electron chi connectivity index (χ0n) is 12.8. The lowest BCUT2D eigenvalue weighted by Gasteiger charge is -2.16. The molecule has 0 saturated carbocycles. The molecule has 2 rings (SSSR count). The number of sulfonamides is 1. The first-order chi connectivity index (χ1) is 11.2. The Morgan fingerprint density at radius 2 is 1.62 bits per heavy atom. The number of methoxy groups -OCH3 is 1. The monoisotopic (exact) mass is 350 g/mol. The number of hydrogen-bond acceptors (Lipinski definition) is 7. The maximum atomic E-state index is 11.8. The van der Waals surface area contributed by atoms with Crippen LogP contribution in [0.5, 0.6) is 0 Å². The van der Waals surface area contributed by atoms with Crippen LogP contribution < -0.4 is 10.0 Å². The second-order valence-electron chi connectivity index (χ2n) is 4.81. The molecule has 0 spiro atoms. The second kappa shape index (κ2) is 6.67. The van der Waals surface area contributed by atoms with Crippen LogP contribution in [0.15, 0.2) is 52.8 Å². The van der Waals surface area contributed by atoms with Gasteiger partial charge in [0.1, 0.15) is 5.76 Å². The minimum absolute atomic E-state index is 0.0883. The number of ether oxygens (including phenoxy) is 1. The van der Waals surface area contributed by atoms with Gasteiger partial charge in [0.15, 0.2) is 0 Å². The number of nitrogens with one attached hydrogen (secondary N) is 2. The average Bonchev–Trinajstić information content (AvgIpc) is 2.50. The van der Waals surface area contributed by atoms with E-state index in [0.717, 1.165) is 19.1 Å². The van der Waals surface area contributed by atoms with E-state index in [9.17, 15) is 22.8 Å². The minimum atomic E-state index is -3.92. The highest BCUT2D eigenvalue weighted by molar-refractivity contribution is 7.90. The van der Waals surface area contributed by atoms with Crippen molar-refractivity contribution in [3.05, 3.63) is 47.9 Å². The summed E-state index contributed by atoms with van der Waals surface area (Å²) in [7, 11) is -2.56. The van der Waals surface area contributed by atoms with Gasteiger partial charge >= 0.3 is 0 Å². The van der Waals surface area contributed by atoms with Gasteiger partial charge in [0.2, 0.25) is 17.5 Å². The number of anilines is 1. The van der Waals surface area contributed by atoms with Gasteiger partial charge in [-0.3, -0.25) is 14.4 Å². The Balaban J connectivity index is 2.22. The van der Waals surface area contributed by atoms with E-state index in [0.29, 0.717) is 5.69 Å². The molecule has 1 amide bonds. The predicted octanol–water partition coefficient (Wildman–Crippen LogP) is 0.489. The van der Waals surface area contributed by atoms with Crippen molar-refractivity contribution in [2.75, 3.05) is 12.4 Å². The van der Waals surface area contributed by atoms with E-state index in [1.807, 2.05) is 4.72 Å². The molecule has 1 aromatic rings. The normalized spacial score (nSPS) is 14.6. The molecule has 1 aliphatic carbocycles. The Hall–Kier alpha value is -2.94. The molecule has 0 aromatic heterocycles. The largest absolute Gasteiger partial charge is 0.494 e. The van der Waals surface area contributed by atoms with Crippen LogP contribution in [0.3, 0.4) is 0 Å². The Bertz CT molecular complexity index is 866. The van der Waals surface area contributed by atoms with E-state index in [4.69, 9.17) is 4.74 Å². The highest BCUT2D eigenvalue weighted by Gasteiger charge is 2.21. The van der Waals surface area contributed by atoms with Crippen LogP contribution in [0.4, 0.5) is 5.69 Å². The van der Waals surface area contributed by atoms with Gasteiger partial charge in [-0.25, -0.2) is 13.1 Å². The predicted molar refractivity (Wildman–Crippen MR) is 84.3 cm³/mol. The van der Waals surface area contributed by atoms with Gasteiger partial charge < -0.3 is 10.1 Å². The van der Waals surface area contributed by atoms with Gasteiger partial charge in [-0.05, 0) is 24.3 Å². The Morgan fingerprint density at radius 1 is 1.04 bits per heavy atom. The van der Waals surface area contributed by atoms with Crippen molar-refractivity contribution in [2.24, 2.45) is 0 Å². The first-order valence-electron chi connectivity index (χ1n) is 6.69. The minimum Gasteiger partial charge on any atom is -0.494 e. The summed E-state index contributed by atoms with van der Waals surface area (Å²) in [5, 5.41) is 2.86. The van der Waals surface area contributed by atoms with Gasteiger partial charge in [0.25, 0.3) is 10.0 Å². The summed E-state index contributed by atoms with van der Waals surface area (Å²) in [5.74, 6) is -1.88. The fourth-order valence-electron chi connectivity index (χ4n) is 1.93. The Kier molecular flexibility index (Phi) is 4.84. The highest BCUT2D eigenvalue weighted by atomic mass is 32.2. The number of rotatable bonds is 5. The molecular weight excluding hydrogens is 336 g/mol. The van der Waals surface area contributed by atoms with Crippen molar-refractivity contribution in [3.63, 3.8) is 0 Å². The fraction of sp³-hybridized carbons (Fsp3) is 0.133. The van der Waals surface area contributed by atoms with Crippen molar-refractivity contribution in [2.45, 2.75) is 11.8 Å². The molecule has 0 radical (unpaired) electrons. The summed E-state index contributed by atoms with van der Waals surface area (Å²) in [6, 6.07) is 5.48. The summed E-state index contributed by atoms with van der Waals surface area (Å²) < 4.78 is 30.6. The van der Waals surface area contributed by atoms with Crippen LogP contribution in [0.2, 0.25) is 0 Å². The SMILES string of the molecule is COC1=CC(=O)C(=O)C=C1Nc1ccc(S(=O)(=O)NC(C)=O)cc1. The van der Waals surface area contributed by atoms with Gasteiger partial charge in [-0.2, -0.15) is 0 Å². The molecule has 9 heteroatoms. The molecule has 0 saturated heterocycles. The second-order valence-corrected chi connectivity index (χ2v) is 6.49. The first-order valence-corrected chi connectivity index (χ1v) is 8.18. The lowest BCUT2D eigenvalue weighted by Crippen LogP contribution is -2.28. The fourth-order valence-corrected chi connectivity index (χ4v) is 2.92. The number of ketones is 2. The van der Waals surface area contributed by atoms with Crippen LogP contribution in [0.1, 0.15) is 6.92 Å². The van der Waals surface area contributed by atoms with Crippen LogP contribution in [0, 0.1) is 0 Å². The van der Waals surface area contributed by atoms with Gasteiger partial charge in [0, 0.05) is 24.8 Å². The molecule has 0 heterocycles. The number of benzene rings is 1. The quantitative estimate of drug-likeness (QED) is 0.586. The lowest BCUT2D eigenvalue weighted by atomic mass is 10.1. The molecule has 1 aliphatic rings. The van der Waals surface area contributed by atoms with E-state index < -0.39 is 27.5 Å². The molecule has 24 heavy (non-hydrogen) atoms. The van der Waals surface area contributed by atoms with E-state index in [1.165, 1.54) is 31.4 Å². The molecule has 1 aromatic carbocycles. The maximum absolute atomic E-state index is 11.8. The molecule has 0 bridgehead atoms. The number of amides is 1. The topological polar surface area (TPSA) is 119 Å². The van der Waals surface area contributed by atoms with Gasteiger partial charge in [0.05, 0.1) is 17.7 Å². The van der Waals surface area contributed by atoms with Crippen LogP contribution in [-0.2, 0) is 29.1 Å². The van der Waals surface area contributed by atoms with Crippen molar-refractivity contribution in [1.29, 1.82) is 0 Å². The summed E-state index contributed by atoms with van der Waals surface area (Å²) in [4.78, 5) is 33.6. The standard InChI is InChI=1S/C15H14N2O6S/c1-9(18)17-24(21,22)11-5-3-10(4-6-11)16-12-7-13(19)14(20)8-15(12)23-2/h3-8,16H,1-2H3,(H,17,18). The highest BCUT2D eigenvalue weighted by Crippen LogP contribution is 2.21. The molecule has 0 aliphatic heterocycles. The zero-order chi connectivity index (χ0) is 17.9. The molecular formula is C15H14N2O6S. The summed E-state index contributed by atoms with van der Waals surface area (Å²) >= 11 is 0. The maximum Gasteiger partial charge on any atom is 0.264 e. The summed E-state index contributed by atoms with van der Waals surface area (Å²) in [5.41, 5.74) is 0.743. The molecule has 126 valence electrons.